The highest BCUT2D eigenvalue weighted by molar-refractivity contribution is 9.09. The van der Waals surface area contributed by atoms with E-state index >= 15 is 0 Å². The van der Waals surface area contributed by atoms with Crippen LogP contribution in [0.3, 0.4) is 0 Å². The predicted molar refractivity (Wildman–Crippen MR) is 59.3 cm³/mol. The minimum atomic E-state index is -0.177. The first-order valence-electron chi connectivity index (χ1n) is 4.81. The Morgan fingerprint density at radius 3 is 1.92 bits per heavy atom. The number of hydrogen-bond donors (Lipinski definition) is 0. The average molecular weight is 249 g/mol. The van der Waals surface area contributed by atoms with Crippen LogP contribution in [0, 0.1) is 0 Å². The normalized spacial score (nSPS) is 25.2. The van der Waals surface area contributed by atoms with Crippen molar-refractivity contribution in [3.05, 3.63) is 0 Å². The van der Waals surface area contributed by atoms with Gasteiger partial charge in [-0.25, -0.2) is 0 Å². The molecule has 0 radical (unpaired) electrons. The fourth-order valence-electron chi connectivity index (χ4n) is 1.33. The van der Waals surface area contributed by atoms with Gasteiger partial charge in [0, 0.05) is 5.33 Å². The number of rotatable bonds is 3. The maximum absolute atomic E-state index is 5.82. The summed E-state index contributed by atoms with van der Waals surface area (Å²) in [5, 5.41) is 1.01. The van der Waals surface area contributed by atoms with Gasteiger partial charge in [-0.1, -0.05) is 15.9 Å². The molecule has 0 bridgehead atoms. The van der Waals surface area contributed by atoms with Gasteiger partial charge in [0.1, 0.15) is 0 Å². The van der Waals surface area contributed by atoms with Crippen LogP contribution in [0.15, 0.2) is 0 Å². The summed E-state index contributed by atoms with van der Waals surface area (Å²) in [6.07, 6.45) is 2.06. The quantitative estimate of drug-likeness (QED) is 0.565. The molecule has 1 rings (SSSR count). The number of hydrogen-bond acceptors (Lipinski definition) is 2. The minimum absolute atomic E-state index is 0.0254. The van der Waals surface area contributed by atoms with Gasteiger partial charge in [0.05, 0.1) is 11.2 Å². The summed E-state index contributed by atoms with van der Waals surface area (Å²) in [5.41, 5.74) is -0.353. The smallest absolute Gasteiger partial charge is 0.403 e. The van der Waals surface area contributed by atoms with E-state index in [2.05, 4.69) is 43.6 Å². The van der Waals surface area contributed by atoms with E-state index in [-0.39, 0.29) is 18.3 Å². The van der Waals surface area contributed by atoms with Gasteiger partial charge in [0.15, 0.2) is 0 Å². The van der Waals surface area contributed by atoms with Crippen LogP contribution in [0.5, 0.6) is 0 Å². The van der Waals surface area contributed by atoms with Crippen molar-refractivity contribution in [2.24, 2.45) is 0 Å². The van der Waals surface area contributed by atoms with E-state index in [1.807, 2.05) is 0 Å². The molecule has 1 aliphatic rings. The van der Waals surface area contributed by atoms with Crippen LogP contribution in [-0.4, -0.2) is 23.7 Å². The Morgan fingerprint density at radius 1 is 1.08 bits per heavy atom. The van der Waals surface area contributed by atoms with Crippen molar-refractivity contribution in [2.75, 3.05) is 5.33 Å². The zero-order valence-corrected chi connectivity index (χ0v) is 10.5. The molecule has 0 aliphatic carbocycles. The lowest BCUT2D eigenvalue weighted by atomic mass is 9.84. The molecule has 76 valence electrons. The lowest BCUT2D eigenvalue weighted by molar-refractivity contribution is 0.00578. The molecule has 0 atom stereocenters. The third-order valence-electron chi connectivity index (χ3n) is 2.88. The van der Waals surface area contributed by atoms with Gasteiger partial charge in [-0.2, -0.15) is 0 Å². The van der Waals surface area contributed by atoms with Gasteiger partial charge < -0.3 is 9.31 Å². The maximum Gasteiger partial charge on any atom is 0.457 e. The largest absolute Gasteiger partial charge is 0.457 e. The van der Waals surface area contributed by atoms with Gasteiger partial charge in [0.2, 0.25) is 0 Å². The second-order valence-electron chi connectivity index (χ2n) is 4.52. The first-order chi connectivity index (χ1) is 5.89. The van der Waals surface area contributed by atoms with E-state index in [0.717, 1.165) is 18.1 Å². The van der Waals surface area contributed by atoms with Crippen molar-refractivity contribution in [1.82, 2.24) is 0 Å². The first kappa shape index (κ1) is 11.5. The molecule has 1 heterocycles. The van der Waals surface area contributed by atoms with E-state index in [1.165, 1.54) is 0 Å². The van der Waals surface area contributed by atoms with Gasteiger partial charge in [-0.15, -0.1) is 0 Å². The van der Waals surface area contributed by atoms with Crippen molar-refractivity contribution < 1.29 is 9.31 Å². The third-order valence-corrected chi connectivity index (χ3v) is 3.44. The monoisotopic (exact) mass is 248 g/mol. The first-order valence-corrected chi connectivity index (χ1v) is 5.93. The molecule has 1 fully saturated rings. The fourth-order valence-corrected chi connectivity index (χ4v) is 1.65. The molecule has 1 saturated heterocycles. The SMILES string of the molecule is CC1(C)OB(CCCBr)OC1(C)C. The molecule has 1 aliphatic heterocycles. The molecular formula is C9H18BBrO2. The Hall–Kier alpha value is 0.465. The van der Waals surface area contributed by atoms with E-state index in [1.54, 1.807) is 0 Å². The van der Waals surface area contributed by atoms with Crippen molar-refractivity contribution in [1.29, 1.82) is 0 Å². The Balaban J connectivity index is 2.50. The number of halogens is 1. The summed E-state index contributed by atoms with van der Waals surface area (Å²) < 4.78 is 11.6. The molecular weight excluding hydrogens is 231 g/mol. The molecule has 0 aromatic heterocycles. The Labute approximate surface area is 89.6 Å². The second kappa shape index (κ2) is 3.91. The van der Waals surface area contributed by atoms with Crippen LogP contribution in [0.2, 0.25) is 6.32 Å². The molecule has 0 N–H and O–H groups in total. The summed E-state index contributed by atoms with van der Waals surface area (Å²) in [4.78, 5) is 0. The van der Waals surface area contributed by atoms with Gasteiger partial charge in [-0.3, -0.25) is 0 Å². The van der Waals surface area contributed by atoms with Crippen LogP contribution >= 0.6 is 15.9 Å². The zero-order valence-electron chi connectivity index (χ0n) is 8.89. The molecule has 0 aromatic rings. The van der Waals surface area contributed by atoms with Crippen molar-refractivity contribution in [2.45, 2.75) is 51.6 Å². The van der Waals surface area contributed by atoms with E-state index in [0.29, 0.717) is 0 Å². The summed E-state index contributed by atoms with van der Waals surface area (Å²) in [6.45, 7) is 8.34. The van der Waals surface area contributed by atoms with Crippen LogP contribution in [0.1, 0.15) is 34.1 Å². The molecule has 0 unspecified atom stereocenters. The number of alkyl halides is 1. The highest BCUT2D eigenvalue weighted by atomic mass is 79.9. The molecule has 0 saturated carbocycles. The van der Waals surface area contributed by atoms with Gasteiger partial charge >= 0.3 is 7.12 Å². The summed E-state index contributed by atoms with van der Waals surface area (Å²) in [7, 11) is -0.0254. The van der Waals surface area contributed by atoms with Crippen molar-refractivity contribution in [3.8, 4) is 0 Å². The molecule has 0 amide bonds. The highest BCUT2D eigenvalue weighted by Gasteiger charge is 2.50. The average Bonchev–Trinajstić information content (AvgIpc) is 2.17. The predicted octanol–water partition coefficient (Wildman–Crippen LogP) is 2.86. The Bertz CT molecular complexity index is 166. The van der Waals surface area contributed by atoms with E-state index < -0.39 is 0 Å². The van der Waals surface area contributed by atoms with Crippen LogP contribution in [0.4, 0.5) is 0 Å². The van der Waals surface area contributed by atoms with Crippen LogP contribution < -0.4 is 0 Å². The van der Waals surface area contributed by atoms with Crippen LogP contribution in [0.25, 0.3) is 0 Å². The molecule has 13 heavy (non-hydrogen) atoms. The van der Waals surface area contributed by atoms with Gasteiger partial charge in [-0.05, 0) is 40.4 Å². The van der Waals surface area contributed by atoms with E-state index in [4.69, 9.17) is 9.31 Å². The maximum atomic E-state index is 5.82. The summed E-state index contributed by atoms with van der Waals surface area (Å²) >= 11 is 3.40. The van der Waals surface area contributed by atoms with Gasteiger partial charge in [0.25, 0.3) is 0 Å². The fraction of sp³-hybridized carbons (Fsp3) is 1.00. The molecule has 4 heteroatoms. The summed E-state index contributed by atoms with van der Waals surface area (Å²) in [5.74, 6) is 0. The molecule has 0 spiro atoms. The van der Waals surface area contributed by atoms with E-state index in [9.17, 15) is 0 Å². The summed E-state index contributed by atoms with van der Waals surface area (Å²) in [6, 6.07) is 0. The Morgan fingerprint density at radius 2 is 1.54 bits per heavy atom. The van der Waals surface area contributed by atoms with Crippen LogP contribution in [-0.2, 0) is 9.31 Å². The van der Waals surface area contributed by atoms with Crippen molar-refractivity contribution in [3.63, 3.8) is 0 Å². The standard InChI is InChI=1S/C9H18BBrO2/c1-8(2)9(3,4)13-10(12-8)6-5-7-11/h5-7H2,1-4H3. The lowest BCUT2D eigenvalue weighted by Gasteiger charge is -2.32. The highest BCUT2D eigenvalue weighted by Crippen LogP contribution is 2.37. The molecule has 2 nitrogen and oxygen atoms in total. The zero-order chi connectivity index (χ0) is 10.1. The second-order valence-corrected chi connectivity index (χ2v) is 5.31. The molecule has 0 aromatic carbocycles. The topological polar surface area (TPSA) is 18.5 Å². The minimum Gasteiger partial charge on any atom is -0.403 e. The third kappa shape index (κ3) is 2.48. The lowest BCUT2D eigenvalue weighted by Crippen LogP contribution is -2.41. The Kier molecular flexibility index (Phi) is 3.47. The van der Waals surface area contributed by atoms with Crippen molar-refractivity contribution >= 4 is 23.0 Å².